The van der Waals surface area contributed by atoms with Gasteiger partial charge < -0.3 is 19.5 Å². The van der Waals surface area contributed by atoms with Crippen LogP contribution in [0.5, 0.6) is 17.2 Å². The Balaban J connectivity index is 2.06. The van der Waals surface area contributed by atoms with E-state index in [1.807, 2.05) is 56.3 Å². The first-order valence-corrected chi connectivity index (χ1v) is 8.69. The van der Waals surface area contributed by atoms with E-state index in [0.29, 0.717) is 36.1 Å². The van der Waals surface area contributed by atoms with Gasteiger partial charge in [-0.2, -0.15) is 0 Å². The number of hydrogen-bond acceptors (Lipinski definition) is 4. The summed E-state index contributed by atoms with van der Waals surface area (Å²) in [6.45, 7) is 5.12. The minimum atomic E-state index is -0.231. The fourth-order valence-corrected chi connectivity index (χ4v) is 2.32. The number of hydrogen-bond donors (Lipinski definition) is 1. The van der Waals surface area contributed by atoms with E-state index >= 15 is 0 Å². The van der Waals surface area contributed by atoms with Crippen LogP contribution in [0.15, 0.2) is 48.5 Å². The maximum absolute atomic E-state index is 12.2. The van der Waals surface area contributed by atoms with Crippen LogP contribution in [0.4, 0.5) is 5.69 Å². The highest BCUT2D eigenvalue weighted by Crippen LogP contribution is 2.28. The number of anilines is 1. The van der Waals surface area contributed by atoms with Gasteiger partial charge in [-0.3, -0.25) is 4.79 Å². The number of methoxy groups -OCH3 is 1. The van der Waals surface area contributed by atoms with Gasteiger partial charge in [0.05, 0.1) is 26.0 Å². The smallest absolute Gasteiger partial charge is 0.248 e. The third-order valence-electron chi connectivity index (χ3n) is 3.52. The number of carbonyl (C=O) groups excluding carboxylic acids is 1. The molecular weight excluding hydrogens is 330 g/mol. The van der Waals surface area contributed by atoms with E-state index in [-0.39, 0.29) is 5.91 Å². The van der Waals surface area contributed by atoms with E-state index in [2.05, 4.69) is 5.32 Å². The predicted molar refractivity (Wildman–Crippen MR) is 104 cm³/mol. The lowest BCUT2D eigenvalue weighted by Crippen LogP contribution is -2.09. The number of ether oxygens (including phenoxy) is 3. The number of rotatable bonds is 9. The molecule has 0 aromatic heterocycles. The molecule has 1 amide bonds. The molecule has 0 radical (unpaired) electrons. The molecule has 2 aromatic carbocycles. The second kappa shape index (κ2) is 10.1. The second-order valence-electron chi connectivity index (χ2n) is 5.51. The van der Waals surface area contributed by atoms with Crippen LogP contribution < -0.4 is 19.5 Å². The fraction of sp³-hybridized carbons (Fsp3) is 0.286. The topological polar surface area (TPSA) is 56.8 Å². The summed E-state index contributed by atoms with van der Waals surface area (Å²) in [5.74, 6) is 1.75. The molecule has 0 aliphatic heterocycles. The van der Waals surface area contributed by atoms with Crippen molar-refractivity contribution in [1.29, 1.82) is 0 Å². The molecule has 5 nitrogen and oxygen atoms in total. The monoisotopic (exact) mass is 355 g/mol. The Morgan fingerprint density at radius 2 is 1.85 bits per heavy atom. The zero-order valence-corrected chi connectivity index (χ0v) is 15.5. The highest BCUT2D eigenvalue weighted by molar-refractivity contribution is 6.02. The molecule has 0 saturated carbocycles. The summed E-state index contributed by atoms with van der Waals surface area (Å²) in [6, 6.07) is 12.9. The largest absolute Gasteiger partial charge is 0.493 e. The third-order valence-corrected chi connectivity index (χ3v) is 3.52. The van der Waals surface area contributed by atoms with Crippen molar-refractivity contribution < 1.29 is 19.0 Å². The minimum absolute atomic E-state index is 0.231. The van der Waals surface area contributed by atoms with Crippen molar-refractivity contribution in [2.45, 2.75) is 20.3 Å². The Morgan fingerprint density at radius 1 is 1.04 bits per heavy atom. The van der Waals surface area contributed by atoms with Crippen LogP contribution in [0.1, 0.15) is 25.8 Å². The summed E-state index contributed by atoms with van der Waals surface area (Å²) >= 11 is 0. The van der Waals surface area contributed by atoms with Crippen molar-refractivity contribution in [3.05, 3.63) is 54.1 Å². The normalized spacial score (nSPS) is 10.6. The Hall–Kier alpha value is -2.95. The molecule has 5 heteroatoms. The minimum Gasteiger partial charge on any atom is -0.493 e. The van der Waals surface area contributed by atoms with E-state index in [0.717, 1.165) is 12.0 Å². The summed E-state index contributed by atoms with van der Waals surface area (Å²) in [4.78, 5) is 12.2. The Bertz CT molecular complexity index is 755. The average Bonchev–Trinajstić information content (AvgIpc) is 2.66. The van der Waals surface area contributed by atoms with Gasteiger partial charge >= 0.3 is 0 Å². The van der Waals surface area contributed by atoms with Gasteiger partial charge in [0.2, 0.25) is 5.91 Å². The maximum atomic E-state index is 12.2. The van der Waals surface area contributed by atoms with E-state index in [1.165, 1.54) is 6.08 Å². The van der Waals surface area contributed by atoms with Crippen LogP contribution in [-0.4, -0.2) is 26.2 Å². The van der Waals surface area contributed by atoms with Crippen molar-refractivity contribution >= 4 is 17.7 Å². The van der Waals surface area contributed by atoms with Gasteiger partial charge in [-0.15, -0.1) is 0 Å². The molecular formula is C21H25NO4. The van der Waals surface area contributed by atoms with Crippen molar-refractivity contribution in [3.8, 4) is 17.2 Å². The molecule has 0 aliphatic rings. The maximum Gasteiger partial charge on any atom is 0.248 e. The van der Waals surface area contributed by atoms with E-state index < -0.39 is 0 Å². The Morgan fingerprint density at radius 3 is 2.58 bits per heavy atom. The van der Waals surface area contributed by atoms with Gasteiger partial charge in [0.1, 0.15) is 5.75 Å². The lowest BCUT2D eigenvalue weighted by molar-refractivity contribution is -0.111. The molecule has 0 aliphatic carbocycles. The third kappa shape index (κ3) is 5.55. The number of para-hydroxylation sites is 2. The number of amides is 1. The Kier molecular flexibility index (Phi) is 7.55. The van der Waals surface area contributed by atoms with Crippen molar-refractivity contribution in [2.24, 2.45) is 0 Å². The fourth-order valence-electron chi connectivity index (χ4n) is 2.32. The van der Waals surface area contributed by atoms with Crippen LogP contribution in [0.25, 0.3) is 6.08 Å². The van der Waals surface area contributed by atoms with E-state index in [9.17, 15) is 4.79 Å². The van der Waals surface area contributed by atoms with Gasteiger partial charge in [-0.25, -0.2) is 0 Å². The van der Waals surface area contributed by atoms with Gasteiger partial charge in [-0.05, 0) is 49.2 Å². The van der Waals surface area contributed by atoms with Crippen LogP contribution in [-0.2, 0) is 4.79 Å². The number of nitrogens with one attached hydrogen (secondary N) is 1. The molecule has 138 valence electrons. The first-order chi connectivity index (χ1) is 12.7. The lowest BCUT2D eigenvalue weighted by atomic mass is 10.2. The quantitative estimate of drug-likeness (QED) is 0.671. The first-order valence-electron chi connectivity index (χ1n) is 8.69. The molecule has 26 heavy (non-hydrogen) atoms. The summed E-state index contributed by atoms with van der Waals surface area (Å²) in [5, 5.41) is 2.84. The zero-order valence-electron chi connectivity index (χ0n) is 15.5. The molecule has 0 spiro atoms. The van der Waals surface area contributed by atoms with Gasteiger partial charge in [-0.1, -0.05) is 25.1 Å². The molecule has 2 rings (SSSR count). The van der Waals surface area contributed by atoms with Crippen LogP contribution in [0, 0.1) is 0 Å². The van der Waals surface area contributed by atoms with Gasteiger partial charge in [0, 0.05) is 6.08 Å². The summed E-state index contributed by atoms with van der Waals surface area (Å²) in [5.41, 5.74) is 1.50. The standard InChI is InChI=1S/C21H25NO4/c1-4-14-26-18-9-7-6-8-17(18)22-21(23)13-11-16-10-12-19(25-5-2)20(15-16)24-3/h6-13,15H,4-5,14H2,1-3H3,(H,22,23)/b13-11+. The molecule has 0 bridgehead atoms. The van der Waals surface area contributed by atoms with Crippen LogP contribution in [0.3, 0.4) is 0 Å². The number of carbonyl (C=O) groups is 1. The molecule has 0 saturated heterocycles. The predicted octanol–water partition coefficient (Wildman–Crippen LogP) is 4.53. The zero-order chi connectivity index (χ0) is 18.8. The Labute approximate surface area is 154 Å². The van der Waals surface area contributed by atoms with Gasteiger partial charge in [0.15, 0.2) is 11.5 Å². The summed E-state index contributed by atoms with van der Waals surface area (Å²) < 4.78 is 16.5. The average molecular weight is 355 g/mol. The second-order valence-corrected chi connectivity index (χ2v) is 5.51. The molecule has 0 heterocycles. The van der Waals surface area contributed by atoms with Crippen molar-refractivity contribution in [3.63, 3.8) is 0 Å². The van der Waals surface area contributed by atoms with Gasteiger partial charge in [0.25, 0.3) is 0 Å². The summed E-state index contributed by atoms with van der Waals surface area (Å²) in [6.07, 6.45) is 4.11. The first kappa shape index (κ1) is 19.4. The SMILES string of the molecule is CCCOc1ccccc1NC(=O)/C=C/c1ccc(OCC)c(OC)c1. The van der Waals surface area contributed by atoms with E-state index in [4.69, 9.17) is 14.2 Å². The molecule has 0 unspecified atom stereocenters. The molecule has 0 fully saturated rings. The van der Waals surface area contributed by atoms with Crippen LogP contribution in [0.2, 0.25) is 0 Å². The highest BCUT2D eigenvalue weighted by atomic mass is 16.5. The lowest BCUT2D eigenvalue weighted by Gasteiger charge is -2.11. The van der Waals surface area contributed by atoms with Crippen molar-refractivity contribution in [1.82, 2.24) is 0 Å². The molecule has 2 aromatic rings. The van der Waals surface area contributed by atoms with Crippen molar-refractivity contribution in [2.75, 3.05) is 25.6 Å². The number of benzene rings is 2. The molecule has 1 N–H and O–H groups in total. The highest BCUT2D eigenvalue weighted by Gasteiger charge is 2.06. The van der Waals surface area contributed by atoms with Crippen LogP contribution >= 0.6 is 0 Å². The molecule has 0 atom stereocenters. The van der Waals surface area contributed by atoms with E-state index in [1.54, 1.807) is 13.2 Å². The summed E-state index contributed by atoms with van der Waals surface area (Å²) in [7, 11) is 1.59.